The number of nitrogens with zero attached hydrogens (tertiary/aromatic N) is 1. The number of ether oxygens (including phenoxy) is 2. The van der Waals surface area contributed by atoms with Crippen molar-refractivity contribution in [1.29, 1.82) is 0 Å². The fraction of sp³-hybridized carbons (Fsp3) is 0.231. The van der Waals surface area contributed by atoms with Gasteiger partial charge in [0.1, 0.15) is 17.0 Å². The van der Waals surface area contributed by atoms with E-state index in [0.29, 0.717) is 23.6 Å². The maximum absolute atomic E-state index is 11.7. The third kappa shape index (κ3) is 2.34. The molecule has 1 aromatic carbocycles. The lowest BCUT2D eigenvalue weighted by Gasteiger charge is -2.04. The predicted octanol–water partition coefficient (Wildman–Crippen LogP) is 2.26. The van der Waals surface area contributed by atoms with E-state index in [9.17, 15) is 4.79 Å². The fourth-order valence-corrected chi connectivity index (χ4v) is 1.64. The molecule has 0 saturated carbocycles. The Morgan fingerprint density at radius 2 is 2.28 bits per heavy atom. The Hall–Kier alpha value is -2.30. The minimum Gasteiger partial charge on any atom is -0.497 e. The van der Waals surface area contributed by atoms with Gasteiger partial charge in [0, 0.05) is 11.8 Å². The first-order valence-corrected chi connectivity index (χ1v) is 5.61. The molecule has 1 aromatic heterocycles. The van der Waals surface area contributed by atoms with Crippen LogP contribution in [0, 0.1) is 0 Å². The van der Waals surface area contributed by atoms with Gasteiger partial charge in [-0.2, -0.15) is 5.10 Å². The second-order valence-electron chi connectivity index (χ2n) is 3.60. The topological polar surface area (TPSA) is 64.2 Å². The first-order valence-electron chi connectivity index (χ1n) is 5.61. The molecule has 1 heterocycles. The molecule has 0 aliphatic carbocycles. The molecule has 1 N–H and O–H groups in total. The predicted molar refractivity (Wildman–Crippen MR) is 66.5 cm³/mol. The molecule has 0 saturated heterocycles. The molecule has 0 radical (unpaired) electrons. The number of H-pyrrole nitrogens is 1. The summed E-state index contributed by atoms with van der Waals surface area (Å²) in [6.45, 7) is 2.10. The molecule has 0 amide bonds. The van der Waals surface area contributed by atoms with Crippen LogP contribution in [-0.4, -0.2) is 29.9 Å². The highest BCUT2D eigenvalue weighted by molar-refractivity contribution is 5.96. The van der Waals surface area contributed by atoms with E-state index in [1.807, 2.05) is 24.3 Å². The molecule has 0 fully saturated rings. The Labute approximate surface area is 105 Å². The number of nitrogens with one attached hydrogen (secondary N) is 1. The molecule has 94 valence electrons. The van der Waals surface area contributed by atoms with Crippen LogP contribution in [0.2, 0.25) is 0 Å². The quantitative estimate of drug-likeness (QED) is 0.840. The van der Waals surface area contributed by atoms with Gasteiger partial charge in [-0.15, -0.1) is 0 Å². The Morgan fingerprint density at radius 3 is 3.00 bits per heavy atom. The first-order chi connectivity index (χ1) is 8.76. The summed E-state index contributed by atoms with van der Waals surface area (Å²) in [5.74, 6) is 0.328. The summed E-state index contributed by atoms with van der Waals surface area (Å²) in [5.41, 5.74) is 1.79. The normalized spacial score (nSPS) is 10.1. The Balaban J connectivity index is 2.38. The zero-order valence-corrected chi connectivity index (χ0v) is 10.3. The standard InChI is InChI=1S/C13H14N2O3/c1-3-18-13(16)11-8-14-15-12(11)9-5-4-6-10(7-9)17-2/h4-8H,3H2,1-2H3,(H,14,15). The van der Waals surface area contributed by atoms with Crippen molar-refractivity contribution in [2.24, 2.45) is 0 Å². The molecule has 5 heteroatoms. The minimum atomic E-state index is -0.385. The number of hydrogen-bond acceptors (Lipinski definition) is 4. The van der Waals surface area contributed by atoms with E-state index in [-0.39, 0.29) is 5.97 Å². The molecule has 0 atom stereocenters. The number of aromatic amines is 1. The number of hydrogen-bond donors (Lipinski definition) is 1. The second kappa shape index (κ2) is 5.35. The van der Waals surface area contributed by atoms with Crippen molar-refractivity contribution in [2.75, 3.05) is 13.7 Å². The lowest BCUT2D eigenvalue weighted by Crippen LogP contribution is -2.04. The highest BCUT2D eigenvalue weighted by atomic mass is 16.5. The molecule has 0 spiro atoms. The van der Waals surface area contributed by atoms with Gasteiger partial charge in [-0.3, -0.25) is 5.10 Å². The summed E-state index contributed by atoms with van der Waals surface area (Å²) in [7, 11) is 1.59. The van der Waals surface area contributed by atoms with Crippen LogP contribution in [0.25, 0.3) is 11.3 Å². The number of carbonyl (C=O) groups excluding carboxylic acids is 1. The summed E-state index contributed by atoms with van der Waals surface area (Å²) in [6, 6.07) is 7.36. The molecular weight excluding hydrogens is 232 g/mol. The Bertz CT molecular complexity index is 549. The zero-order chi connectivity index (χ0) is 13.0. The van der Waals surface area contributed by atoms with Crippen molar-refractivity contribution in [2.45, 2.75) is 6.92 Å². The number of benzene rings is 1. The van der Waals surface area contributed by atoms with Gasteiger partial charge in [-0.05, 0) is 19.1 Å². The smallest absolute Gasteiger partial charge is 0.341 e. The van der Waals surface area contributed by atoms with Gasteiger partial charge in [0.2, 0.25) is 0 Å². The van der Waals surface area contributed by atoms with Crippen molar-refractivity contribution in [3.05, 3.63) is 36.0 Å². The fourth-order valence-electron chi connectivity index (χ4n) is 1.64. The largest absolute Gasteiger partial charge is 0.497 e. The molecular formula is C13H14N2O3. The van der Waals surface area contributed by atoms with Crippen molar-refractivity contribution < 1.29 is 14.3 Å². The van der Waals surface area contributed by atoms with Crippen LogP contribution < -0.4 is 4.74 Å². The number of aromatic nitrogens is 2. The third-order valence-electron chi connectivity index (χ3n) is 2.48. The maximum atomic E-state index is 11.7. The first kappa shape index (κ1) is 12.2. The van der Waals surface area contributed by atoms with Crippen LogP contribution >= 0.6 is 0 Å². The minimum absolute atomic E-state index is 0.335. The van der Waals surface area contributed by atoms with E-state index >= 15 is 0 Å². The molecule has 0 aliphatic rings. The van der Waals surface area contributed by atoms with E-state index in [1.165, 1.54) is 6.20 Å². The second-order valence-corrected chi connectivity index (χ2v) is 3.60. The van der Waals surface area contributed by atoms with Gasteiger partial charge in [0.25, 0.3) is 0 Å². The van der Waals surface area contributed by atoms with E-state index in [4.69, 9.17) is 9.47 Å². The van der Waals surface area contributed by atoms with Crippen molar-refractivity contribution in [1.82, 2.24) is 10.2 Å². The number of rotatable bonds is 4. The van der Waals surface area contributed by atoms with Crippen molar-refractivity contribution in [3.8, 4) is 17.0 Å². The monoisotopic (exact) mass is 246 g/mol. The van der Waals surface area contributed by atoms with Gasteiger partial charge in [-0.25, -0.2) is 4.79 Å². The molecule has 2 rings (SSSR count). The highest BCUT2D eigenvalue weighted by Gasteiger charge is 2.16. The van der Waals surface area contributed by atoms with Crippen LogP contribution in [0.4, 0.5) is 0 Å². The maximum Gasteiger partial charge on any atom is 0.341 e. The number of carbonyl (C=O) groups is 1. The van der Waals surface area contributed by atoms with Gasteiger partial charge in [0.05, 0.1) is 13.7 Å². The SMILES string of the molecule is CCOC(=O)c1c[nH]nc1-c1cccc(OC)c1. The van der Waals surface area contributed by atoms with Crippen LogP contribution in [0.15, 0.2) is 30.5 Å². The molecule has 0 bridgehead atoms. The Kier molecular flexibility index (Phi) is 3.62. The van der Waals surface area contributed by atoms with Crippen LogP contribution in [-0.2, 0) is 4.74 Å². The van der Waals surface area contributed by atoms with Gasteiger partial charge in [-0.1, -0.05) is 12.1 Å². The molecule has 0 unspecified atom stereocenters. The lowest BCUT2D eigenvalue weighted by atomic mass is 10.1. The Morgan fingerprint density at radius 1 is 1.44 bits per heavy atom. The lowest BCUT2D eigenvalue weighted by molar-refractivity contribution is 0.0527. The average molecular weight is 246 g/mol. The van der Waals surface area contributed by atoms with Crippen molar-refractivity contribution in [3.63, 3.8) is 0 Å². The highest BCUT2D eigenvalue weighted by Crippen LogP contribution is 2.25. The molecule has 5 nitrogen and oxygen atoms in total. The average Bonchev–Trinajstić information content (AvgIpc) is 2.88. The summed E-state index contributed by atoms with van der Waals surface area (Å²) >= 11 is 0. The zero-order valence-electron chi connectivity index (χ0n) is 10.3. The molecule has 2 aromatic rings. The van der Waals surface area contributed by atoms with Crippen LogP contribution in [0.3, 0.4) is 0 Å². The summed E-state index contributed by atoms with van der Waals surface area (Å²) in [6.07, 6.45) is 1.53. The van der Waals surface area contributed by atoms with Crippen LogP contribution in [0.5, 0.6) is 5.75 Å². The number of methoxy groups -OCH3 is 1. The van der Waals surface area contributed by atoms with Gasteiger partial charge >= 0.3 is 5.97 Å². The van der Waals surface area contributed by atoms with Crippen LogP contribution in [0.1, 0.15) is 17.3 Å². The van der Waals surface area contributed by atoms with Gasteiger partial charge < -0.3 is 9.47 Å². The molecule has 0 aliphatic heterocycles. The summed E-state index contributed by atoms with van der Waals surface area (Å²) < 4.78 is 10.1. The van der Waals surface area contributed by atoms with E-state index in [0.717, 1.165) is 5.56 Å². The summed E-state index contributed by atoms with van der Waals surface area (Å²) in [5, 5.41) is 6.77. The van der Waals surface area contributed by atoms with E-state index in [2.05, 4.69) is 10.2 Å². The number of esters is 1. The third-order valence-corrected chi connectivity index (χ3v) is 2.48. The molecule has 18 heavy (non-hydrogen) atoms. The van der Waals surface area contributed by atoms with E-state index in [1.54, 1.807) is 14.0 Å². The van der Waals surface area contributed by atoms with Gasteiger partial charge in [0.15, 0.2) is 0 Å². The van der Waals surface area contributed by atoms with E-state index < -0.39 is 0 Å². The van der Waals surface area contributed by atoms with Crippen molar-refractivity contribution >= 4 is 5.97 Å². The summed E-state index contributed by atoms with van der Waals surface area (Å²) in [4.78, 5) is 11.7.